The highest BCUT2D eigenvalue weighted by molar-refractivity contribution is 6.42. The van der Waals surface area contributed by atoms with Crippen LogP contribution in [0.3, 0.4) is 0 Å². The third kappa shape index (κ3) is 3.75. The van der Waals surface area contributed by atoms with E-state index in [1.807, 2.05) is 0 Å². The van der Waals surface area contributed by atoms with Gasteiger partial charge in [-0.05, 0) is 30.3 Å². The first kappa shape index (κ1) is 16.5. The molecule has 0 aliphatic heterocycles. The van der Waals surface area contributed by atoms with Gasteiger partial charge in [0.15, 0.2) is 5.76 Å². The normalized spacial score (nSPS) is 10.6. The minimum absolute atomic E-state index is 0.0157. The second-order valence-corrected chi connectivity index (χ2v) is 5.83. The summed E-state index contributed by atoms with van der Waals surface area (Å²) in [5, 5.41) is 7.23. The zero-order valence-electron chi connectivity index (χ0n) is 12.2. The Morgan fingerprint density at radius 3 is 2.67 bits per heavy atom. The Morgan fingerprint density at radius 2 is 1.92 bits per heavy atom. The Morgan fingerprint density at radius 1 is 1.12 bits per heavy atom. The molecule has 0 atom stereocenters. The number of halogens is 3. The summed E-state index contributed by atoms with van der Waals surface area (Å²) < 4.78 is 18.8. The fraction of sp³-hybridized carbons (Fsp3) is 0.0588. The van der Waals surface area contributed by atoms with Crippen LogP contribution in [0.15, 0.2) is 53.1 Å². The van der Waals surface area contributed by atoms with E-state index in [2.05, 4.69) is 10.5 Å². The van der Waals surface area contributed by atoms with Crippen molar-refractivity contribution in [2.24, 2.45) is 0 Å². The molecule has 0 spiro atoms. The number of benzene rings is 2. The van der Waals surface area contributed by atoms with E-state index in [0.717, 1.165) is 0 Å². The van der Waals surface area contributed by atoms with Crippen molar-refractivity contribution in [3.8, 4) is 11.3 Å². The highest BCUT2D eigenvalue weighted by atomic mass is 35.5. The fourth-order valence-corrected chi connectivity index (χ4v) is 2.42. The van der Waals surface area contributed by atoms with Crippen molar-refractivity contribution < 1.29 is 13.7 Å². The number of hydrogen-bond donors (Lipinski definition) is 1. The molecule has 7 heteroatoms. The molecule has 0 aliphatic carbocycles. The summed E-state index contributed by atoms with van der Waals surface area (Å²) in [6, 6.07) is 12.5. The van der Waals surface area contributed by atoms with Gasteiger partial charge in [0.1, 0.15) is 5.82 Å². The minimum atomic E-state index is -0.416. The maximum atomic E-state index is 13.7. The van der Waals surface area contributed by atoms with E-state index in [1.165, 1.54) is 12.1 Å². The van der Waals surface area contributed by atoms with Crippen LogP contribution in [-0.2, 0) is 11.2 Å². The smallest absolute Gasteiger partial charge is 0.230 e. The average molecular weight is 365 g/mol. The Hall–Kier alpha value is -2.37. The van der Waals surface area contributed by atoms with Gasteiger partial charge in [0.2, 0.25) is 5.91 Å². The Bertz CT molecular complexity index is 896. The summed E-state index contributed by atoms with van der Waals surface area (Å²) in [6.45, 7) is 0. The number of nitrogens with zero attached hydrogens (tertiary/aromatic N) is 1. The monoisotopic (exact) mass is 364 g/mol. The third-order valence-corrected chi connectivity index (χ3v) is 3.98. The van der Waals surface area contributed by atoms with Crippen LogP contribution in [0.1, 0.15) is 5.69 Å². The zero-order chi connectivity index (χ0) is 17.1. The second kappa shape index (κ2) is 7.03. The molecule has 1 aromatic heterocycles. The first-order valence-corrected chi connectivity index (χ1v) is 7.74. The first-order valence-electron chi connectivity index (χ1n) is 6.98. The van der Waals surface area contributed by atoms with Gasteiger partial charge in [0, 0.05) is 11.8 Å². The van der Waals surface area contributed by atoms with Crippen LogP contribution in [0, 0.1) is 5.82 Å². The number of hydrogen-bond acceptors (Lipinski definition) is 3. The molecule has 0 bridgehead atoms. The van der Waals surface area contributed by atoms with Crippen LogP contribution in [0.2, 0.25) is 10.0 Å². The predicted octanol–water partition coefficient (Wildman–Crippen LogP) is 4.97. The molecule has 1 amide bonds. The highest BCUT2D eigenvalue weighted by Crippen LogP contribution is 2.26. The van der Waals surface area contributed by atoms with Gasteiger partial charge < -0.3 is 9.84 Å². The molecule has 2 aromatic carbocycles. The first-order chi connectivity index (χ1) is 11.5. The van der Waals surface area contributed by atoms with Crippen LogP contribution < -0.4 is 5.32 Å². The summed E-state index contributed by atoms with van der Waals surface area (Å²) in [5.74, 6) is -0.451. The van der Waals surface area contributed by atoms with Gasteiger partial charge >= 0.3 is 0 Å². The van der Waals surface area contributed by atoms with Crippen molar-refractivity contribution in [1.82, 2.24) is 5.16 Å². The summed E-state index contributed by atoms with van der Waals surface area (Å²) in [5.41, 5.74) is 1.21. The lowest BCUT2D eigenvalue weighted by molar-refractivity contribution is -0.115. The molecule has 0 radical (unpaired) electrons. The molecule has 4 nitrogen and oxygen atoms in total. The fourth-order valence-electron chi connectivity index (χ4n) is 2.13. The summed E-state index contributed by atoms with van der Waals surface area (Å²) in [4.78, 5) is 12.0. The maximum Gasteiger partial charge on any atom is 0.230 e. The van der Waals surface area contributed by atoms with Gasteiger partial charge in [-0.15, -0.1) is 0 Å². The lowest BCUT2D eigenvalue weighted by Gasteiger charge is -2.04. The van der Waals surface area contributed by atoms with E-state index in [1.54, 1.807) is 36.4 Å². The molecule has 122 valence electrons. The Labute approximate surface area is 147 Å². The van der Waals surface area contributed by atoms with Crippen LogP contribution in [0.4, 0.5) is 10.1 Å². The number of amides is 1. The van der Waals surface area contributed by atoms with E-state index < -0.39 is 5.82 Å². The number of aromatic nitrogens is 1. The molecule has 0 unspecified atom stereocenters. The van der Waals surface area contributed by atoms with Crippen LogP contribution in [-0.4, -0.2) is 11.1 Å². The third-order valence-electron chi connectivity index (χ3n) is 3.24. The number of carbonyl (C=O) groups excluding carboxylic acids is 1. The molecule has 1 heterocycles. The van der Waals surface area contributed by atoms with Gasteiger partial charge in [0.25, 0.3) is 0 Å². The number of anilines is 1. The molecule has 0 aliphatic rings. The Kier molecular flexibility index (Phi) is 4.83. The molecule has 0 saturated heterocycles. The summed E-state index contributed by atoms with van der Waals surface area (Å²) >= 11 is 11.7. The molecule has 0 fully saturated rings. The van der Waals surface area contributed by atoms with Gasteiger partial charge in [-0.3, -0.25) is 4.79 Å². The van der Waals surface area contributed by atoms with E-state index in [9.17, 15) is 9.18 Å². The summed E-state index contributed by atoms with van der Waals surface area (Å²) in [7, 11) is 0. The van der Waals surface area contributed by atoms with Gasteiger partial charge in [-0.2, -0.15) is 0 Å². The van der Waals surface area contributed by atoms with Crippen molar-refractivity contribution >= 4 is 34.8 Å². The van der Waals surface area contributed by atoms with E-state index in [-0.39, 0.29) is 18.1 Å². The van der Waals surface area contributed by atoms with Crippen molar-refractivity contribution in [1.29, 1.82) is 0 Å². The van der Waals surface area contributed by atoms with E-state index in [4.69, 9.17) is 27.7 Å². The topological polar surface area (TPSA) is 55.1 Å². The molecule has 0 saturated carbocycles. The van der Waals surface area contributed by atoms with Crippen LogP contribution in [0.25, 0.3) is 11.3 Å². The SMILES string of the molecule is O=C(Cc1cc(-c2ccccc2F)on1)Nc1ccc(Cl)c(Cl)c1. The number of rotatable bonds is 4. The lowest BCUT2D eigenvalue weighted by Crippen LogP contribution is -2.14. The quantitative estimate of drug-likeness (QED) is 0.710. The van der Waals surface area contributed by atoms with E-state index >= 15 is 0 Å². The zero-order valence-corrected chi connectivity index (χ0v) is 13.7. The van der Waals surface area contributed by atoms with Crippen molar-refractivity contribution in [2.75, 3.05) is 5.32 Å². The molecule has 24 heavy (non-hydrogen) atoms. The van der Waals surface area contributed by atoms with Crippen LogP contribution in [0.5, 0.6) is 0 Å². The van der Waals surface area contributed by atoms with Gasteiger partial charge in [0.05, 0.1) is 27.7 Å². The minimum Gasteiger partial charge on any atom is -0.356 e. The molecule has 1 N–H and O–H groups in total. The molecular weight excluding hydrogens is 354 g/mol. The van der Waals surface area contributed by atoms with Crippen molar-refractivity contribution in [3.63, 3.8) is 0 Å². The Balaban J connectivity index is 1.69. The number of nitrogens with one attached hydrogen (secondary N) is 1. The number of carbonyl (C=O) groups is 1. The average Bonchev–Trinajstić information content (AvgIpc) is 2.99. The largest absolute Gasteiger partial charge is 0.356 e. The highest BCUT2D eigenvalue weighted by Gasteiger charge is 2.13. The van der Waals surface area contributed by atoms with Crippen molar-refractivity contribution in [3.05, 3.63) is 70.1 Å². The second-order valence-electron chi connectivity index (χ2n) is 5.02. The standard InChI is InChI=1S/C17H11Cl2FN2O2/c18-13-6-5-10(7-14(13)19)21-17(23)9-11-8-16(24-22-11)12-3-1-2-4-15(12)20/h1-8H,9H2,(H,21,23). The van der Waals surface area contributed by atoms with Gasteiger partial charge in [-0.25, -0.2) is 4.39 Å². The van der Waals surface area contributed by atoms with Gasteiger partial charge in [-0.1, -0.05) is 40.5 Å². The van der Waals surface area contributed by atoms with E-state index in [0.29, 0.717) is 27.0 Å². The molecular formula is C17H11Cl2FN2O2. The lowest BCUT2D eigenvalue weighted by atomic mass is 10.1. The summed E-state index contributed by atoms with van der Waals surface area (Å²) in [6.07, 6.45) is -0.0157. The predicted molar refractivity (Wildman–Crippen MR) is 90.7 cm³/mol. The maximum absolute atomic E-state index is 13.7. The van der Waals surface area contributed by atoms with Crippen molar-refractivity contribution in [2.45, 2.75) is 6.42 Å². The molecule has 3 rings (SSSR count). The molecule has 3 aromatic rings. The van der Waals surface area contributed by atoms with Crippen LogP contribution >= 0.6 is 23.2 Å².